The summed E-state index contributed by atoms with van der Waals surface area (Å²) >= 11 is 1.77. The van der Waals surface area contributed by atoms with Crippen molar-refractivity contribution in [3.05, 3.63) is 100 Å². The van der Waals surface area contributed by atoms with E-state index in [9.17, 15) is 4.79 Å². The van der Waals surface area contributed by atoms with Crippen LogP contribution in [0.3, 0.4) is 0 Å². The molecule has 0 radical (unpaired) electrons. The van der Waals surface area contributed by atoms with Crippen molar-refractivity contribution >= 4 is 23.8 Å². The zero-order valence-electron chi connectivity index (χ0n) is 20.9. The average Bonchev–Trinajstić information content (AvgIpc) is 3.20. The van der Waals surface area contributed by atoms with Crippen LogP contribution < -0.4 is 5.32 Å². The number of benzene rings is 2. The third-order valence-corrected chi connectivity index (χ3v) is 8.02. The van der Waals surface area contributed by atoms with Crippen LogP contribution in [0.15, 0.2) is 98.9 Å². The predicted molar refractivity (Wildman–Crippen MR) is 149 cm³/mol. The molecule has 1 N–H and O–H groups in total. The van der Waals surface area contributed by atoms with Gasteiger partial charge in [-0.3, -0.25) is 9.79 Å². The van der Waals surface area contributed by atoms with Crippen molar-refractivity contribution in [2.24, 2.45) is 10.9 Å². The molecule has 1 atom stereocenters. The highest BCUT2D eigenvalue weighted by Crippen LogP contribution is 2.42. The molecule has 0 saturated heterocycles. The lowest BCUT2D eigenvalue weighted by Crippen LogP contribution is -2.19. The minimum Gasteiger partial charge on any atom is -0.319 e. The summed E-state index contributed by atoms with van der Waals surface area (Å²) in [5.41, 5.74) is 5.80. The maximum atomic E-state index is 11.1. The van der Waals surface area contributed by atoms with Gasteiger partial charge in [-0.25, -0.2) is 0 Å². The van der Waals surface area contributed by atoms with Crippen molar-refractivity contribution in [1.82, 2.24) is 5.32 Å². The first-order valence-corrected chi connectivity index (χ1v) is 13.6. The topological polar surface area (TPSA) is 41.5 Å². The fraction of sp³-hybridized carbons (Fsp3) is 0.355. The van der Waals surface area contributed by atoms with E-state index in [4.69, 9.17) is 4.99 Å². The highest BCUT2D eigenvalue weighted by atomic mass is 32.2. The highest BCUT2D eigenvalue weighted by molar-refractivity contribution is 8.03. The van der Waals surface area contributed by atoms with Gasteiger partial charge in [0.05, 0.1) is 11.4 Å². The van der Waals surface area contributed by atoms with Crippen LogP contribution in [0.4, 0.5) is 0 Å². The summed E-state index contributed by atoms with van der Waals surface area (Å²) in [7, 11) is 1.99. The number of rotatable bonds is 5. The summed E-state index contributed by atoms with van der Waals surface area (Å²) in [6.07, 6.45) is 14.1. The first-order chi connectivity index (χ1) is 17.2. The Kier molecular flexibility index (Phi) is 9.33. The fourth-order valence-corrected chi connectivity index (χ4v) is 5.93. The largest absolute Gasteiger partial charge is 0.319 e. The number of carbonyl (C=O) groups is 1. The fourth-order valence-electron chi connectivity index (χ4n) is 4.89. The molecular formula is C31H36N2OS. The van der Waals surface area contributed by atoms with Crippen molar-refractivity contribution in [3.63, 3.8) is 0 Å². The molecule has 1 aliphatic heterocycles. The number of thioether (sulfide) groups is 1. The summed E-state index contributed by atoms with van der Waals surface area (Å²) in [5.74, 6) is 1.17. The molecule has 35 heavy (non-hydrogen) atoms. The van der Waals surface area contributed by atoms with Crippen LogP contribution in [0.1, 0.15) is 62.5 Å². The van der Waals surface area contributed by atoms with E-state index >= 15 is 0 Å². The summed E-state index contributed by atoms with van der Waals surface area (Å²) in [5, 5.41) is 3.17. The van der Waals surface area contributed by atoms with Crippen LogP contribution in [0.25, 0.3) is 0 Å². The number of aldehydes is 1. The van der Waals surface area contributed by atoms with E-state index in [1.165, 1.54) is 53.8 Å². The van der Waals surface area contributed by atoms with Crippen LogP contribution in [0.2, 0.25) is 0 Å². The summed E-state index contributed by atoms with van der Waals surface area (Å²) in [6.45, 7) is 3.27. The molecule has 2 aliphatic carbocycles. The summed E-state index contributed by atoms with van der Waals surface area (Å²) in [6, 6.07) is 19.2. The van der Waals surface area contributed by atoms with Gasteiger partial charge in [0.2, 0.25) is 0 Å². The summed E-state index contributed by atoms with van der Waals surface area (Å²) in [4.78, 5) is 18.7. The van der Waals surface area contributed by atoms with E-state index in [-0.39, 0.29) is 0 Å². The van der Waals surface area contributed by atoms with Crippen molar-refractivity contribution < 1.29 is 4.79 Å². The van der Waals surface area contributed by atoms with Gasteiger partial charge in [0.1, 0.15) is 6.29 Å². The van der Waals surface area contributed by atoms with Gasteiger partial charge in [0.15, 0.2) is 0 Å². The second-order valence-electron chi connectivity index (χ2n) is 9.48. The number of hydrogen-bond acceptors (Lipinski definition) is 4. The number of nitrogens with one attached hydrogen (secondary N) is 1. The molecule has 2 aromatic rings. The maximum absolute atomic E-state index is 11.1. The third-order valence-electron chi connectivity index (χ3n) is 6.88. The smallest absolute Gasteiger partial charge is 0.146 e. The Morgan fingerprint density at radius 2 is 1.77 bits per heavy atom. The Balaban J connectivity index is 0.000000221. The Morgan fingerprint density at radius 3 is 2.51 bits per heavy atom. The maximum Gasteiger partial charge on any atom is 0.146 e. The number of hydrogen-bond donors (Lipinski definition) is 1. The Hall–Kier alpha value is -2.69. The van der Waals surface area contributed by atoms with Gasteiger partial charge < -0.3 is 5.32 Å². The molecule has 3 nitrogen and oxygen atoms in total. The van der Waals surface area contributed by atoms with Crippen LogP contribution in [-0.2, 0) is 4.79 Å². The standard InChI is InChI=1S/C21H21NOS.C10H15N/c23-14-15-10-12-18-20(13-11-15)24-19-9-5-4-8-17(19)21(22-18)16-6-2-1-3-7-16;1-9(8-11-2)10-6-4-3-5-7-10/h4-5,8-9,11-14,16H,1-3,6-7,10H2;3-7,9,11H,8H2,1-2H3. The molecule has 0 spiro atoms. The second-order valence-corrected chi connectivity index (χ2v) is 10.6. The minimum absolute atomic E-state index is 0.558. The van der Waals surface area contributed by atoms with Crippen molar-refractivity contribution in [2.75, 3.05) is 13.6 Å². The molecule has 1 heterocycles. The lowest BCUT2D eigenvalue weighted by atomic mass is 9.83. The van der Waals surface area contributed by atoms with Crippen molar-refractivity contribution in [2.45, 2.75) is 56.3 Å². The van der Waals surface area contributed by atoms with Gasteiger partial charge in [-0.15, -0.1) is 0 Å². The molecule has 4 heteroatoms. The number of allylic oxidation sites excluding steroid dienone is 4. The van der Waals surface area contributed by atoms with E-state index in [2.05, 4.69) is 79.0 Å². The molecule has 1 unspecified atom stereocenters. The number of fused-ring (bicyclic) bond motifs is 2. The zero-order chi connectivity index (χ0) is 24.5. The van der Waals surface area contributed by atoms with E-state index in [1.54, 1.807) is 11.8 Å². The van der Waals surface area contributed by atoms with Gasteiger partial charge in [0.25, 0.3) is 0 Å². The summed E-state index contributed by atoms with van der Waals surface area (Å²) < 4.78 is 0. The van der Waals surface area contributed by atoms with Gasteiger partial charge in [-0.2, -0.15) is 0 Å². The molecule has 2 aromatic carbocycles. The molecule has 0 aromatic heterocycles. The lowest BCUT2D eigenvalue weighted by molar-refractivity contribution is -0.105. The van der Waals surface area contributed by atoms with Gasteiger partial charge in [-0.05, 0) is 55.5 Å². The van der Waals surface area contributed by atoms with E-state index in [0.29, 0.717) is 18.3 Å². The number of likely N-dealkylation sites (N-methyl/N-ethyl adjacent to an activating group) is 1. The first-order valence-electron chi connectivity index (χ1n) is 12.8. The SMILES string of the molecule is CNCC(C)c1ccccc1.O=CC1=CC=C2Sc3ccccc3C(C3CCCCC3)=NC2=CC1. The van der Waals surface area contributed by atoms with E-state index in [0.717, 1.165) is 29.0 Å². The van der Waals surface area contributed by atoms with Crippen LogP contribution in [-0.4, -0.2) is 25.6 Å². The molecule has 182 valence electrons. The van der Waals surface area contributed by atoms with E-state index < -0.39 is 0 Å². The minimum atomic E-state index is 0.558. The van der Waals surface area contributed by atoms with Crippen molar-refractivity contribution in [1.29, 1.82) is 0 Å². The Bertz CT molecular complexity index is 1120. The van der Waals surface area contributed by atoms with Crippen molar-refractivity contribution in [3.8, 4) is 0 Å². The Labute approximate surface area is 214 Å². The van der Waals surface area contributed by atoms with Crippen LogP contribution in [0, 0.1) is 5.92 Å². The first kappa shape index (κ1) is 25.4. The normalized spacial score (nSPS) is 18.6. The molecule has 5 rings (SSSR count). The number of nitrogens with zero attached hydrogens (tertiary/aromatic N) is 1. The van der Waals surface area contributed by atoms with Gasteiger partial charge in [0, 0.05) is 27.8 Å². The number of carbonyl (C=O) groups excluding carboxylic acids is 1. The number of aliphatic imine (C=N–C) groups is 1. The quantitative estimate of drug-likeness (QED) is 0.448. The predicted octanol–water partition coefficient (Wildman–Crippen LogP) is 7.47. The van der Waals surface area contributed by atoms with E-state index in [1.807, 2.05) is 13.1 Å². The lowest BCUT2D eigenvalue weighted by Gasteiger charge is -2.24. The second kappa shape index (κ2) is 12.9. The molecule has 3 aliphatic rings. The zero-order valence-corrected chi connectivity index (χ0v) is 21.7. The third kappa shape index (κ3) is 6.71. The molecular weight excluding hydrogens is 448 g/mol. The Morgan fingerprint density at radius 1 is 1.03 bits per heavy atom. The molecule has 1 saturated carbocycles. The van der Waals surface area contributed by atoms with Gasteiger partial charge in [-0.1, -0.05) is 98.6 Å². The molecule has 0 amide bonds. The molecule has 1 fully saturated rings. The van der Waals surface area contributed by atoms with Crippen LogP contribution >= 0.6 is 11.8 Å². The molecule has 0 bridgehead atoms. The van der Waals surface area contributed by atoms with Crippen LogP contribution in [0.5, 0.6) is 0 Å². The van der Waals surface area contributed by atoms with Gasteiger partial charge >= 0.3 is 0 Å². The highest BCUT2D eigenvalue weighted by Gasteiger charge is 2.26. The monoisotopic (exact) mass is 484 g/mol. The average molecular weight is 485 g/mol.